The van der Waals surface area contributed by atoms with Crippen LogP contribution in [0.1, 0.15) is 23.9 Å². The highest BCUT2D eigenvalue weighted by molar-refractivity contribution is 5.77. The van der Waals surface area contributed by atoms with Gasteiger partial charge in [0.15, 0.2) is 5.82 Å². The molecule has 1 heterocycles. The molecule has 25 heavy (non-hydrogen) atoms. The number of carbonyl (C=O) groups excluding carboxylic acids is 1. The van der Waals surface area contributed by atoms with E-state index in [9.17, 15) is 14.3 Å². The Labute approximate surface area is 145 Å². The Morgan fingerprint density at radius 2 is 2.00 bits per heavy atom. The number of rotatable bonds is 6. The lowest BCUT2D eigenvalue weighted by Crippen LogP contribution is -2.27. The van der Waals surface area contributed by atoms with Crippen molar-refractivity contribution in [2.24, 2.45) is 7.05 Å². The number of aromatic nitrogens is 2. The predicted octanol–water partition coefficient (Wildman–Crippen LogP) is 2.49. The number of nitrogens with zero attached hydrogens (tertiary/aromatic N) is 2. The molecular formula is C19H20FN3O2. The van der Waals surface area contributed by atoms with Crippen LogP contribution in [0, 0.1) is 5.82 Å². The maximum atomic E-state index is 13.8. The fourth-order valence-electron chi connectivity index (χ4n) is 2.81. The highest BCUT2D eigenvalue weighted by atomic mass is 19.1. The monoisotopic (exact) mass is 341 g/mol. The quantitative estimate of drug-likeness (QED) is 0.724. The molecule has 0 aliphatic rings. The predicted molar refractivity (Wildman–Crippen MR) is 93.4 cm³/mol. The molecule has 0 aliphatic carbocycles. The third kappa shape index (κ3) is 3.85. The number of amides is 1. The van der Waals surface area contributed by atoms with Crippen molar-refractivity contribution in [3.63, 3.8) is 0 Å². The number of carbonyl (C=O) groups is 1. The van der Waals surface area contributed by atoms with Crippen LogP contribution in [0.2, 0.25) is 0 Å². The molecule has 2 aromatic carbocycles. The van der Waals surface area contributed by atoms with Gasteiger partial charge in [-0.25, -0.2) is 9.37 Å². The maximum Gasteiger partial charge on any atom is 0.222 e. The van der Waals surface area contributed by atoms with Crippen molar-refractivity contribution >= 4 is 16.9 Å². The molecule has 0 saturated heterocycles. The van der Waals surface area contributed by atoms with Crippen LogP contribution >= 0.6 is 0 Å². The van der Waals surface area contributed by atoms with E-state index < -0.39 is 6.10 Å². The summed E-state index contributed by atoms with van der Waals surface area (Å²) in [6, 6.07) is 13.9. The normalized spacial score (nSPS) is 12.3. The molecule has 130 valence electrons. The molecule has 3 rings (SSSR count). The second-order valence-electron chi connectivity index (χ2n) is 5.93. The van der Waals surface area contributed by atoms with E-state index in [4.69, 9.17) is 0 Å². The van der Waals surface area contributed by atoms with Gasteiger partial charge in [0.25, 0.3) is 0 Å². The van der Waals surface area contributed by atoms with Crippen molar-refractivity contribution < 1.29 is 14.3 Å². The highest BCUT2D eigenvalue weighted by Gasteiger charge is 2.14. The lowest BCUT2D eigenvalue weighted by Gasteiger charge is -2.11. The molecule has 1 atom stereocenters. The largest absolute Gasteiger partial charge is 0.388 e. The minimum Gasteiger partial charge on any atom is -0.388 e. The van der Waals surface area contributed by atoms with E-state index >= 15 is 0 Å². The first-order chi connectivity index (χ1) is 12.1. The third-order valence-electron chi connectivity index (χ3n) is 4.19. The second kappa shape index (κ2) is 7.44. The smallest absolute Gasteiger partial charge is 0.222 e. The van der Waals surface area contributed by atoms with E-state index in [1.165, 1.54) is 6.07 Å². The first-order valence-corrected chi connectivity index (χ1v) is 8.16. The minimum atomic E-state index is -0.828. The van der Waals surface area contributed by atoms with Crippen LogP contribution in [0.5, 0.6) is 0 Å². The van der Waals surface area contributed by atoms with E-state index in [1.54, 1.807) is 18.2 Å². The fraction of sp³-hybridized carbons (Fsp3) is 0.263. The van der Waals surface area contributed by atoms with Gasteiger partial charge in [-0.05, 0) is 17.7 Å². The van der Waals surface area contributed by atoms with E-state index in [0.717, 1.165) is 5.52 Å². The summed E-state index contributed by atoms with van der Waals surface area (Å²) in [4.78, 5) is 16.3. The van der Waals surface area contributed by atoms with Gasteiger partial charge in [-0.1, -0.05) is 36.4 Å². The van der Waals surface area contributed by atoms with Crippen LogP contribution in [0.25, 0.3) is 11.0 Å². The van der Waals surface area contributed by atoms with Crippen molar-refractivity contribution in [3.8, 4) is 0 Å². The van der Waals surface area contributed by atoms with Crippen molar-refractivity contribution in [3.05, 3.63) is 65.7 Å². The number of aryl methyl sites for hydroxylation is 1. The summed E-state index contributed by atoms with van der Waals surface area (Å²) in [5.41, 5.74) is 1.77. The average molecular weight is 341 g/mol. The molecule has 0 fully saturated rings. The lowest BCUT2D eigenvalue weighted by atomic mass is 10.1. The molecule has 0 radical (unpaired) electrons. The summed E-state index contributed by atoms with van der Waals surface area (Å²) in [5, 5.41) is 12.8. The van der Waals surface area contributed by atoms with Gasteiger partial charge in [0.2, 0.25) is 5.91 Å². The van der Waals surface area contributed by atoms with Crippen molar-refractivity contribution in [1.29, 1.82) is 0 Å². The molecule has 1 amide bonds. The Bertz CT molecular complexity index is 877. The molecule has 1 aromatic heterocycles. The number of nitrogens with one attached hydrogen (secondary N) is 1. The van der Waals surface area contributed by atoms with Gasteiger partial charge >= 0.3 is 0 Å². The summed E-state index contributed by atoms with van der Waals surface area (Å²) in [7, 11) is 1.82. The number of aliphatic hydroxyl groups is 1. The molecule has 5 nitrogen and oxygen atoms in total. The van der Waals surface area contributed by atoms with Gasteiger partial charge in [-0.3, -0.25) is 4.79 Å². The van der Waals surface area contributed by atoms with Crippen LogP contribution in [-0.4, -0.2) is 27.1 Å². The molecule has 0 spiro atoms. The van der Waals surface area contributed by atoms with Gasteiger partial charge in [0, 0.05) is 20.0 Å². The number of aliphatic hydroxyl groups excluding tert-OH is 1. The molecule has 0 aliphatic heterocycles. The van der Waals surface area contributed by atoms with Crippen LogP contribution < -0.4 is 5.32 Å². The first kappa shape index (κ1) is 17.1. The maximum absolute atomic E-state index is 13.8. The summed E-state index contributed by atoms with van der Waals surface area (Å²) in [5.74, 6) is 0.111. The number of benzene rings is 2. The summed E-state index contributed by atoms with van der Waals surface area (Å²) < 4.78 is 15.6. The van der Waals surface area contributed by atoms with Gasteiger partial charge < -0.3 is 15.0 Å². The van der Waals surface area contributed by atoms with Gasteiger partial charge in [0.05, 0.1) is 18.0 Å². The SMILES string of the molecule is Cn1c(CCNC(=O)CC(O)c2ccccc2)nc2c(F)cccc21. The Hall–Kier alpha value is -2.73. The highest BCUT2D eigenvalue weighted by Crippen LogP contribution is 2.18. The molecule has 0 saturated carbocycles. The van der Waals surface area contributed by atoms with Gasteiger partial charge in [-0.2, -0.15) is 0 Å². The molecule has 6 heteroatoms. The number of hydrogen-bond donors (Lipinski definition) is 2. The zero-order valence-corrected chi connectivity index (χ0v) is 13.9. The standard InChI is InChI=1S/C19H20FN3O2/c1-23-15-9-5-8-14(20)19(15)22-17(23)10-11-21-18(25)12-16(24)13-6-3-2-4-7-13/h2-9,16,24H,10-12H2,1H3,(H,21,25). The summed E-state index contributed by atoms with van der Waals surface area (Å²) in [6.07, 6.45) is -0.343. The number of hydrogen-bond acceptors (Lipinski definition) is 3. The lowest BCUT2D eigenvalue weighted by molar-refractivity contribution is -0.123. The minimum absolute atomic E-state index is 0.00117. The zero-order chi connectivity index (χ0) is 17.8. The summed E-state index contributed by atoms with van der Waals surface area (Å²) >= 11 is 0. The van der Waals surface area contributed by atoms with E-state index in [0.29, 0.717) is 29.9 Å². The average Bonchev–Trinajstić information content (AvgIpc) is 2.93. The molecule has 3 aromatic rings. The van der Waals surface area contributed by atoms with Crippen molar-refractivity contribution in [2.75, 3.05) is 6.54 Å². The van der Waals surface area contributed by atoms with E-state index in [-0.39, 0.29) is 18.1 Å². The fourth-order valence-corrected chi connectivity index (χ4v) is 2.81. The molecule has 1 unspecified atom stereocenters. The Kier molecular flexibility index (Phi) is 5.09. The van der Waals surface area contributed by atoms with Crippen molar-refractivity contribution in [1.82, 2.24) is 14.9 Å². The van der Waals surface area contributed by atoms with Crippen LogP contribution in [0.3, 0.4) is 0 Å². The Morgan fingerprint density at radius 3 is 2.72 bits per heavy atom. The zero-order valence-electron chi connectivity index (χ0n) is 13.9. The Balaban J connectivity index is 1.55. The number of imidazole rings is 1. The van der Waals surface area contributed by atoms with Crippen LogP contribution in [0.15, 0.2) is 48.5 Å². The van der Waals surface area contributed by atoms with E-state index in [1.807, 2.05) is 35.9 Å². The third-order valence-corrected chi connectivity index (χ3v) is 4.19. The topological polar surface area (TPSA) is 67.2 Å². The number of halogens is 1. The number of para-hydroxylation sites is 1. The molecule has 2 N–H and O–H groups in total. The molecule has 0 bridgehead atoms. The van der Waals surface area contributed by atoms with Crippen LogP contribution in [0.4, 0.5) is 4.39 Å². The molecular weight excluding hydrogens is 321 g/mol. The van der Waals surface area contributed by atoms with Crippen molar-refractivity contribution in [2.45, 2.75) is 18.9 Å². The van der Waals surface area contributed by atoms with E-state index in [2.05, 4.69) is 10.3 Å². The Morgan fingerprint density at radius 1 is 1.24 bits per heavy atom. The number of fused-ring (bicyclic) bond motifs is 1. The second-order valence-corrected chi connectivity index (χ2v) is 5.93. The first-order valence-electron chi connectivity index (χ1n) is 8.16. The van der Waals surface area contributed by atoms with Crippen LogP contribution in [-0.2, 0) is 18.3 Å². The van der Waals surface area contributed by atoms with Gasteiger partial charge in [0.1, 0.15) is 11.3 Å². The summed E-state index contributed by atoms with van der Waals surface area (Å²) in [6.45, 7) is 0.374. The van der Waals surface area contributed by atoms with Gasteiger partial charge in [-0.15, -0.1) is 0 Å².